The Balaban J connectivity index is 1.90. The molecule has 2 heteroatoms. The van der Waals surface area contributed by atoms with Gasteiger partial charge in [-0.3, -0.25) is 0 Å². The molecular weight excluding hydrogens is 225 g/mol. The molecule has 1 unspecified atom stereocenters. The minimum absolute atomic E-state index is 0.144. The van der Waals surface area contributed by atoms with Crippen molar-refractivity contribution in [2.75, 3.05) is 6.54 Å². The molecule has 0 saturated heterocycles. The number of likely N-dealkylation sites (N-methyl/N-ethyl adjacent to an activating group) is 1. The molecule has 0 spiro atoms. The van der Waals surface area contributed by atoms with Crippen molar-refractivity contribution < 1.29 is 4.39 Å². The summed E-state index contributed by atoms with van der Waals surface area (Å²) in [7, 11) is 0. The highest BCUT2D eigenvalue weighted by Crippen LogP contribution is 2.29. The lowest BCUT2D eigenvalue weighted by molar-refractivity contribution is 0.390. The first-order valence-electron chi connectivity index (χ1n) is 7.25. The predicted octanol–water partition coefficient (Wildman–Crippen LogP) is 3.93. The van der Waals surface area contributed by atoms with Crippen LogP contribution in [-0.4, -0.2) is 12.6 Å². The van der Waals surface area contributed by atoms with E-state index in [-0.39, 0.29) is 5.82 Å². The van der Waals surface area contributed by atoms with Gasteiger partial charge >= 0.3 is 0 Å². The lowest BCUT2D eigenvalue weighted by Gasteiger charge is -2.21. The van der Waals surface area contributed by atoms with E-state index in [4.69, 9.17) is 0 Å². The summed E-state index contributed by atoms with van der Waals surface area (Å²) in [5.41, 5.74) is 1.24. The summed E-state index contributed by atoms with van der Waals surface area (Å²) < 4.78 is 12.9. The molecule has 1 N–H and O–H groups in total. The maximum Gasteiger partial charge on any atom is 0.123 e. The molecule has 1 aliphatic rings. The Morgan fingerprint density at radius 2 is 1.89 bits per heavy atom. The smallest absolute Gasteiger partial charge is 0.123 e. The molecule has 0 heterocycles. The largest absolute Gasteiger partial charge is 0.314 e. The third kappa shape index (κ3) is 4.09. The van der Waals surface area contributed by atoms with E-state index < -0.39 is 0 Å². The molecule has 1 aromatic rings. The Hall–Kier alpha value is -0.890. The highest BCUT2D eigenvalue weighted by Gasteiger charge is 2.19. The fourth-order valence-corrected chi connectivity index (χ4v) is 3.08. The number of hydrogen-bond donors (Lipinski definition) is 1. The molecule has 100 valence electrons. The average molecular weight is 249 g/mol. The first-order chi connectivity index (χ1) is 8.78. The van der Waals surface area contributed by atoms with Crippen LogP contribution in [0.1, 0.15) is 44.6 Å². The van der Waals surface area contributed by atoms with E-state index in [1.54, 1.807) is 12.1 Å². The van der Waals surface area contributed by atoms with Crippen LogP contribution in [0.5, 0.6) is 0 Å². The van der Waals surface area contributed by atoms with E-state index in [1.807, 2.05) is 12.1 Å². The van der Waals surface area contributed by atoms with Crippen molar-refractivity contribution in [2.24, 2.45) is 5.92 Å². The second-order valence-corrected chi connectivity index (χ2v) is 5.47. The van der Waals surface area contributed by atoms with Crippen molar-refractivity contribution >= 4 is 0 Å². The van der Waals surface area contributed by atoms with Crippen molar-refractivity contribution in [3.63, 3.8) is 0 Å². The van der Waals surface area contributed by atoms with Crippen LogP contribution in [0.15, 0.2) is 24.3 Å². The maximum absolute atomic E-state index is 12.9. The summed E-state index contributed by atoms with van der Waals surface area (Å²) in [4.78, 5) is 0. The summed E-state index contributed by atoms with van der Waals surface area (Å²) in [6, 6.07) is 7.49. The number of halogens is 1. The Kier molecular flexibility index (Phi) is 5.18. The molecule has 0 aliphatic heterocycles. The number of rotatable bonds is 6. The highest BCUT2D eigenvalue weighted by molar-refractivity contribution is 5.17. The molecule has 1 nitrogen and oxygen atoms in total. The number of hydrogen-bond acceptors (Lipinski definition) is 1. The average Bonchev–Trinajstić information content (AvgIpc) is 2.85. The van der Waals surface area contributed by atoms with Gasteiger partial charge in [0.05, 0.1) is 0 Å². The summed E-state index contributed by atoms with van der Waals surface area (Å²) in [5, 5.41) is 3.58. The molecule has 0 radical (unpaired) electrons. The van der Waals surface area contributed by atoms with Crippen LogP contribution in [0.4, 0.5) is 4.39 Å². The van der Waals surface area contributed by atoms with E-state index in [0.717, 1.165) is 18.9 Å². The zero-order valence-corrected chi connectivity index (χ0v) is 11.3. The molecule has 0 bridgehead atoms. The van der Waals surface area contributed by atoms with Gasteiger partial charge in [-0.2, -0.15) is 0 Å². The summed E-state index contributed by atoms with van der Waals surface area (Å²) >= 11 is 0. The summed E-state index contributed by atoms with van der Waals surface area (Å²) in [6.07, 6.45) is 7.88. The van der Waals surface area contributed by atoms with Crippen LogP contribution in [0.3, 0.4) is 0 Å². The SMILES string of the molecule is CCNC(Cc1ccc(F)cc1)CC1CCCC1. The van der Waals surface area contributed by atoms with Crippen LogP contribution in [0, 0.1) is 11.7 Å². The van der Waals surface area contributed by atoms with Crippen LogP contribution in [0.2, 0.25) is 0 Å². The van der Waals surface area contributed by atoms with Gasteiger partial charge in [0, 0.05) is 6.04 Å². The molecule has 0 amide bonds. The van der Waals surface area contributed by atoms with Crippen LogP contribution in [0.25, 0.3) is 0 Å². The topological polar surface area (TPSA) is 12.0 Å². The molecule has 1 atom stereocenters. The van der Waals surface area contributed by atoms with Gasteiger partial charge in [-0.1, -0.05) is 44.7 Å². The van der Waals surface area contributed by atoms with Crippen molar-refractivity contribution in [3.05, 3.63) is 35.6 Å². The van der Waals surface area contributed by atoms with Gasteiger partial charge in [0.25, 0.3) is 0 Å². The Bertz CT molecular complexity index is 341. The predicted molar refractivity (Wildman–Crippen MR) is 74.1 cm³/mol. The number of nitrogens with one attached hydrogen (secondary N) is 1. The van der Waals surface area contributed by atoms with Crippen LogP contribution < -0.4 is 5.32 Å². The summed E-state index contributed by atoms with van der Waals surface area (Å²) in [5.74, 6) is 0.754. The minimum Gasteiger partial charge on any atom is -0.314 e. The number of benzene rings is 1. The second-order valence-electron chi connectivity index (χ2n) is 5.47. The zero-order chi connectivity index (χ0) is 12.8. The molecule has 2 rings (SSSR count). The van der Waals surface area contributed by atoms with Gasteiger partial charge in [-0.15, -0.1) is 0 Å². The van der Waals surface area contributed by atoms with Crippen molar-refractivity contribution in [3.8, 4) is 0 Å². The Morgan fingerprint density at radius 1 is 1.22 bits per heavy atom. The standard InChI is InChI=1S/C16H24FN/c1-2-18-16(11-13-5-3-4-6-13)12-14-7-9-15(17)10-8-14/h7-10,13,16,18H,2-6,11-12H2,1H3. The highest BCUT2D eigenvalue weighted by atomic mass is 19.1. The second kappa shape index (κ2) is 6.89. The van der Waals surface area contributed by atoms with E-state index in [9.17, 15) is 4.39 Å². The Labute approximate surface area is 110 Å². The first-order valence-corrected chi connectivity index (χ1v) is 7.25. The van der Waals surface area contributed by atoms with Crippen molar-refractivity contribution in [1.29, 1.82) is 0 Å². The van der Waals surface area contributed by atoms with Gasteiger partial charge < -0.3 is 5.32 Å². The van der Waals surface area contributed by atoms with E-state index in [1.165, 1.54) is 37.7 Å². The van der Waals surface area contributed by atoms with E-state index in [0.29, 0.717) is 6.04 Å². The van der Waals surface area contributed by atoms with Gasteiger partial charge in [0.1, 0.15) is 5.82 Å². The third-order valence-corrected chi connectivity index (χ3v) is 3.98. The third-order valence-electron chi connectivity index (χ3n) is 3.98. The first kappa shape index (κ1) is 13.5. The fourth-order valence-electron chi connectivity index (χ4n) is 3.08. The minimum atomic E-state index is -0.144. The molecular formula is C16H24FN. The molecule has 18 heavy (non-hydrogen) atoms. The molecule has 1 aromatic carbocycles. The quantitative estimate of drug-likeness (QED) is 0.805. The normalized spacial score (nSPS) is 18.1. The molecule has 1 saturated carbocycles. The fraction of sp³-hybridized carbons (Fsp3) is 0.625. The van der Waals surface area contributed by atoms with Gasteiger partial charge in [-0.05, 0) is 43.0 Å². The lowest BCUT2D eigenvalue weighted by atomic mass is 9.94. The van der Waals surface area contributed by atoms with Crippen LogP contribution >= 0.6 is 0 Å². The monoisotopic (exact) mass is 249 g/mol. The molecule has 1 aliphatic carbocycles. The van der Waals surface area contributed by atoms with E-state index in [2.05, 4.69) is 12.2 Å². The van der Waals surface area contributed by atoms with Gasteiger partial charge in [0.15, 0.2) is 0 Å². The van der Waals surface area contributed by atoms with Crippen molar-refractivity contribution in [1.82, 2.24) is 5.32 Å². The van der Waals surface area contributed by atoms with Crippen molar-refractivity contribution in [2.45, 2.75) is 51.5 Å². The van der Waals surface area contributed by atoms with E-state index >= 15 is 0 Å². The molecule has 1 fully saturated rings. The maximum atomic E-state index is 12.9. The van der Waals surface area contributed by atoms with Gasteiger partial charge in [-0.25, -0.2) is 4.39 Å². The Morgan fingerprint density at radius 3 is 2.50 bits per heavy atom. The lowest BCUT2D eigenvalue weighted by Crippen LogP contribution is -2.32. The van der Waals surface area contributed by atoms with Gasteiger partial charge in [0.2, 0.25) is 0 Å². The van der Waals surface area contributed by atoms with Crippen LogP contribution in [-0.2, 0) is 6.42 Å². The zero-order valence-electron chi connectivity index (χ0n) is 11.3. The summed E-state index contributed by atoms with van der Waals surface area (Å²) in [6.45, 7) is 3.17. The molecule has 0 aromatic heterocycles.